The molecule has 0 fully saturated rings. The van der Waals surface area contributed by atoms with E-state index in [1.807, 2.05) is 12.1 Å². The first kappa shape index (κ1) is 12.4. The van der Waals surface area contributed by atoms with E-state index >= 15 is 0 Å². The van der Waals surface area contributed by atoms with Crippen molar-refractivity contribution in [3.8, 4) is 0 Å². The van der Waals surface area contributed by atoms with E-state index in [4.69, 9.17) is 17.3 Å². The van der Waals surface area contributed by atoms with E-state index in [2.05, 4.69) is 4.98 Å². The van der Waals surface area contributed by atoms with Crippen LogP contribution in [0.3, 0.4) is 0 Å². The van der Waals surface area contributed by atoms with Crippen molar-refractivity contribution in [1.29, 1.82) is 0 Å². The summed E-state index contributed by atoms with van der Waals surface area (Å²) in [5, 5.41) is 0.494. The van der Waals surface area contributed by atoms with E-state index in [1.54, 1.807) is 31.3 Å². The Morgan fingerprint density at radius 2 is 2.00 bits per heavy atom. The summed E-state index contributed by atoms with van der Waals surface area (Å²) in [7, 11) is 1.66. The number of para-hydroxylation sites is 2. The molecule has 0 aliphatic rings. The first-order valence-electron chi connectivity index (χ1n) is 5.33. The summed E-state index contributed by atoms with van der Waals surface area (Å²) in [5.74, 6) is -0.232. The minimum atomic E-state index is -0.232. The van der Waals surface area contributed by atoms with Crippen LogP contribution < -0.4 is 10.6 Å². The van der Waals surface area contributed by atoms with Crippen LogP contribution >= 0.6 is 11.6 Å². The van der Waals surface area contributed by atoms with Gasteiger partial charge < -0.3 is 10.6 Å². The molecule has 0 atom stereocenters. The third-order valence-electron chi connectivity index (χ3n) is 2.55. The summed E-state index contributed by atoms with van der Waals surface area (Å²) >= 11 is 5.73. The molecule has 4 nitrogen and oxygen atoms in total. The van der Waals surface area contributed by atoms with Crippen molar-refractivity contribution in [2.24, 2.45) is 0 Å². The third-order valence-corrected chi connectivity index (χ3v) is 2.77. The quantitative estimate of drug-likeness (QED) is 0.846. The lowest BCUT2D eigenvalue weighted by Crippen LogP contribution is -2.27. The maximum absolute atomic E-state index is 12.2. The molecule has 0 aliphatic carbocycles. The highest BCUT2D eigenvalue weighted by atomic mass is 35.5. The molecule has 1 amide bonds. The van der Waals surface area contributed by atoms with Gasteiger partial charge in [-0.2, -0.15) is 0 Å². The van der Waals surface area contributed by atoms with Gasteiger partial charge in [0, 0.05) is 13.2 Å². The van der Waals surface area contributed by atoms with Crippen LogP contribution in [0.2, 0.25) is 5.02 Å². The van der Waals surface area contributed by atoms with Gasteiger partial charge in [-0.05, 0) is 24.3 Å². The number of carbonyl (C=O) groups is 1. The van der Waals surface area contributed by atoms with Gasteiger partial charge in [0.25, 0.3) is 5.91 Å². The van der Waals surface area contributed by atoms with Crippen LogP contribution in [-0.4, -0.2) is 17.9 Å². The second kappa shape index (κ2) is 5.06. The first-order valence-corrected chi connectivity index (χ1v) is 5.71. The van der Waals surface area contributed by atoms with Gasteiger partial charge in [-0.25, -0.2) is 4.98 Å². The van der Waals surface area contributed by atoms with Gasteiger partial charge in [-0.15, -0.1) is 0 Å². The second-order valence-corrected chi connectivity index (χ2v) is 4.22. The molecule has 2 aromatic rings. The Hall–Kier alpha value is -2.07. The zero-order valence-corrected chi connectivity index (χ0v) is 10.6. The molecular weight excluding hydrogens is 250 g/mol. The predicted molar refractivity (Wildman–Crippen MR) is 72.8 cm³/mol. The molecule has 0 radical (unpaired) electrons. The molecule has 2 N–H and O–H groups in total. The number of halogens is 1. The average molecular weight is 262 g/mol. The molecule has 0 spiro atoms. The lowest BCUT2D eigenvalue weighted by atomic mass is 10.2. The number of hydrogen-bond acceptors (Lipinski definition) is 3. The number of pyridine rings is 1. The van der Waals surface area contributed by atoms with Crippen LogP contribution in [0.15, 0.2) is 42.6 Å². The Balaban J connectivity index is 2.29. The molecule has 1 aromatic carbocycles. The molecule has 0 unspecified atom stereocenters. The number of nitrogens with zero attached hydrogens (tertiary/aromatic N) is 2. The van der Waals surface area contributed by atoms with E-state index in [0.29, 0.717) is 22.1 Å². The third kappa shape index (κ3) is 2.43. The molecule has 1 heterocycles. The standard InChI is InChI=1S/C13H12ClN3O/c1-17(12-5-3-2-4-10(12)15)13(18)11-7-6-9(14)8-16-11/h2-8H,15H2,1H3. The van der Waals surface area contributed by atoms with Gasteiger partial charge >= 0.3 is 0 Å². The van der Waals surface area contributed by atoms with Crippen molar-refractivity contribution >= 4 is 28.9 Å². The van der Waals surface area contributed by atoms with E-state index in [1.165, 1.54) is 11.1 Å². The SMILES string of the molecule is CN(C(=O)c1ccc(Cl)cn1)c1ccccc1N. The smallest absolute Gasteiger partial charge is 0.276 e. The number of rotatable bonds is 2. The fourth-order valence-corrected chi connectivity index (χ4v) is 1.69. The summed E-state index contributed by atoms with van der Waals surface area (Å²) in [6.07, 6.45) is 1.44. The van der Waals surface area contributed by atoms with Crippen molar-refractivity contribution in [3.63, 3.8) is 0 Å². The van der Waals surface area contributed by atoms with Crippen LogP contribution in [-0.2, 0) is 0 Å². The maximum Gasteiger partial charge on any atom is 0.276 e. The van der Waals surface area contributed by atoms with E-state index in [9.17, 15) is 4.79 Å². The minimum absolute atomic E-state index is 0.232. The normalized spacial score (nSPS) is 10.1. The summed E-state index contributed by atoms with van der Waals surface area (Å²) < 4.78 is 0. The molecule has 0 aliphatic heterocycles. The van der Waals surface area contributed by atoms with Crippen molar-refractivity contribution in [2.45, 2.75) is 0 Å². The highest BCUT2D eigenvalue weighted by Crippen LogP contribution is 2.22. The van der Waals surface area contributed by atoms with Crippen molar-refractivity contribution in [2.75, 3.05) is 17.7 Å². The number of carbonyl (C=O) groups excluding carboxylic acids is 1. The molecule has 0 bridgehead atoms. The molecule has 0 saturated carbocycles. The lowest BCUT2D eigenvalue weighted by molar-refractivity contribution is 0.0988. The fraction of sp³-hybridized carbons (Fsp3) is 0.0769. The van der Waals surface area contributed by atoms with Gasteiger partial charge in [-0.3, -0.25) is 4.79 Å². The van der Waals surface area contributed by atoms with E-state index in [0.717, 1.165) is 0 Å². The summed E-state index contributed by atoms with van der Waals surface area (Å²) in [6.45, 7) is 0. The maximum atomic E-state index is 12.2. The summed E-state index contributed by atoms with van der Waals surface area (Å²) in [4.78, 5) is 17.6. The number of nitrogen functional groups attached to an aromatic ring is 1. The van der Waals surface area contributed by atoms with E-state index in [-0.39, 0.29) is 5.91 Å². The first-order chi connectivity index (χ1) is 8.59. The van der Waals surface area contributed by atoms with Crippen LogP contribution in [0.1, 0.15) is 10.5 Å². The molecule has 5 heteroatoms. The molecule has 0 saturated heterocycles. The monoisotopic (exact) mass is 261 g/mol. The van der Waals surface area contributed by atoms with Crippen LogP contribution in [0.5, 0.6) is 0 Å². The number of nitrogens with two attached hydrogens (primary N) is 1. The number of aromatic nitrogens is 1. The van der Waals surface area contributed by atoms with Crippen LogP contribution in [0.25, 0.3) is 0 Å². The van der Waals surface area contributed by atoms with Gasteiger partial charge in [-0.1, -0.05) is 23.7 Å². The van der Waals surface area contributed by atoms with Gasteiger partial charge in [0.2, 0.25) is 0 Å². The Kier molecular flexibility index (Phi) is 3.48. The number of amides is 1. The summed E-state index contributed by atoms with van der Waals surface area (Å²) in [6, 6.07) is 10.4. The van der Waals surface area contributed by atoms with Crippen molar-refractivity contribution in [1.82, 2.24) is 4.98 Å². The van der Waals surface area contributed by atoms with Crippen molar-refractivity contribution < 1.29 is 4.79 Å². The van der Waals surface area contributed by atoms with Crippen LogP contribution in [0.4, 0.5) is 11.4 Å². The molecule has 18 heavy (non-hydrogen) atoms. The Labute approximate surface area is 110 Å². The largest absolute Gasteiger partial charge is 0.397 e. The van der Waals surface area contributed by atoms with Gasteiger partial charge in [0.05, 0.1) is 16.4 Å². The molecule has 92 valence electrons. The highest BCUT2D eigenvalue weighted by Gasteiger charge is 2.16. The van der Waals surface area contributed by atoms with Crippen LogP contribution in [0, 0.1) is 0 Å². The van der Waals surface area contributed by atoms with Crippen molar-refractivity contribution in [3.05, 3.63) is 53.3 Å². The molecule has 2 rings (SSSR count). The summed E-state index contributed by atoms with van der Waals surface area (Å²) in [5.41, 5.74) is 7.35. The number of hydrogen-bond donors (Lipinski definition) is 1. The topological polar surface area (TPSA) is 59.2 Å². The predicted octanol–water partition coefficient (Wildman–Crippen LogP) is 2.59. The highest BCUT2D eigenvalue weighted by molar-refractivity contribution is 6.30. The fourth-order valence-electron chi connectivity index (χ4n) is 1.58. The molecule has 1 aromatic heterocycles. The lowest BCUT2D eigenvalue weighted by Gasteiger charge is -2.18. The Morgan fingerprint density at radius 3 is 2.61 bits per heavy atom. The second-order valence-electron chi connectivity index (χ2n) is 3.78. The number of anilines is 2. The minimum Gasteiger partial charge on any atom is -0.397 e. The zero-order valence-electron chi connectivity index (χ0n) is 9.80. The average Bonchev–Trinajstić information content (AvgIpc) is 2.38. The Morgan fingerprint density at radius 1 is 1.28 bits per heavy atom. The van der Waals surface area contributed by atoms with Gasteiger partial charge in [0.1, 0.15) is 5.69 Å². The number of benzene rings is 1. The zero-order chi connectivity index (χ0) is 13.1. The van der Waals surface area contributed by atoms with E-state index < -0.39 is 0 Å². The van der Waals surface area contributed by atoms with Gasteiger partial charge in [0.15, 0.2) is 0 Å². The molecular formula is C13H12ClN3O. The Bertz CT molecular complexity index is 569.